The minimum Gasteiger partial charge on any atom is -0.370 e. The Bertz CT molecular complexity index is 199. The Labute approximate surface area is 124 Å². The van der Waals surface area contributed by atoms with Crippen LogP contribution in [-0.2, 0) is 19.3 Å². The van der Waals surface area contributed by atoms with Crippen molar-refractivity contribution in [1.82, 2.24) is 0 Å². The maximum atomic E-state index is 12.8. The molecular weight excluding hydrogens is 256 g/mol. The van der Waals surface area contributed by atoms with Crippen molar-refractivity contribution in [3.8, 4) is 0 Å². The minimum atomic E-state index is -1.85. The van der Waals surface area contributed by atoms with Crippen LogP contribution >= 0.6 is 0 Å². The van der Waals surface area contributed by atoms with Gasteiger partial charge in [-0.25, -0.2) is 0 Å². The minimum absolute atomic E-state index is 0.430. The Morgan fingerprint density at radius 3 is 1.65 bits per heavy atom. The van der Waals surface area contributed by atoms with Crippen LogP contribution in [0.15, 0.2) is 0 Å². The molecule has 0 N–H and O–H groups in total. The maximum absolute atomic E-state index is 12.8. The molecule has 0 aromatic carbocycles. The summed E-state index contributed by atoms with van der Waals surface area (Å²) in [5.41, 5.74) is 0. The van der Waals surface area contributed by atoms with E-state index in [1.54, 1.807) is 0 Å². The largest absolute Gasteiger partial charge is 0.370 e. The average Bonchev–Trinajstić information content (AvgIpc) is 2.44. The first-order valence-electron chi connectivity index (χ1n) is 8.24. The molecule has 20 heavy (non-hydrogen) atoms. The predicted molar refractivity (Wildman–Crippen MR) is 80.1 cm³/mol. The normalized spacial score (nSPS) is 13.7. The number of ether oxygens (including phenoxy) is 3. The molecule has 0 spiro atoms. The highest BCUT2D eigenvalue weighted by Gasteiger charge is 2.41. The van der Waals surface area contributed by atoms with Crippen molar-refractivity contribution in [2.24, 2.45) is 0 Å². The zero-order valence-electron chi connectivity index (χ0n) is 13.8. The van der Waals surface area contributed by atoms with E-state index in [1.807, 2.05) is 6.92 Å². The van der Waals surface area contributed by atoms with Gasteiger partial charge in [-0.05, 0) is 25.7 Å². The molecule has 0 fully saturated rings. The summed E-state index contributed by atoms with van der Waals surface area (Å²) in [6.45, 7) is 9.64. The second-order valence-corrected chi connectivity index (χ2v) is 5.13. The van der Waals surface area contributed by atoms with E-state index in [-0.39, 0.29) is 0 Å². The van der Waals surface area contributed by atoms with E-state index >= 15 is 0 Å². The third-order valence-electron chi connectivity index (χ3n) is 3.18. The molecular formula is C16H33O4. The van der Waals surface area contributed by atoms with Crippen LogP contribution in [0.4, 0.5) is 0 Å². The van der Waals surface area contributed by atoms with E-state index in [4.69, 9.17) is 14.2 Å². The average molecular weight is 289 g/mol. The van der Waals surface area contributed by atoms with Gasteiger partial charge in [-0.3, -0.25) is 0 Å². The zero-order valence-corrected chi connectivity index (χ0v) is 13.8. The van der Waals surface area contributed by atoms with Crippen molar-refractivity contribution in [1.29, 1.82) is 0 Å². The van der Waals surface area contributed by atoms with Crippen LogP contribution in [0.3, 0.4) is 0 Å². The lowest BCUT2D eigenvalue weighted by Crippen LogP contribution is -2.48. The molecule has 0 heterocycles. The summed E-state index contributed by atoms with van der Waals surface area (Å²) < 4.78 is 16.7. The highest BCUT2D eigenvalue weighted by Crippen LogP contribution is 2.23. The Hall–Kier alpha value is -0.160. The first kappa shape index (κ1) is 19.8. The smallest absolute Gasteiger partial charge is 0.339 e. The molecule has 0 aliphatic rings. The van der Waals surface area contributed by atoms with E-state index in [9.17, 15) is 5.11 Å². The highest BCUT2D eigenvalue weighted by molar-refractivity contribution is 4.69. The lowest BCUT2D eigenvalue weighted by Gasteiger charge is -2.32. The molecule has 0 aliphatic carbocycles. The standard InChI is InChI=1S/C16H33O4/c1-5-9-12-18-15(8-4)16(17,19-13-10-6-2)20-14-11-7-3/h15H,5-14H2,1-4H3. The van der Waals surface area contributed by atoms with Gasteiger partial charge in [0.05, 0.1) is 13.2 Å². The quantitative estimate of drug-likeness (QED) is 0.354. The van der Waals surface area contributed by atoms with Gasteiger partial charge >= 0.3 is 5.97 Å². The summed E-state index contributed by atoms with van der Waals surface area (Å²) in [5.74, 6) is -1.85. The van der Waals surface area contributed by atoms with Crippen molar-refractivity contribution in [2.45, 2.75) is 84.7 Å². The van der Waals surface area contributed by atoms with E-state index in [1.165, 1.54) is 0 Å². The van der Waals surface area contributed by atoms with Crippen LogP contribution in [0.5, 0.6) is 0 Å². The van der Waals surface area contributed by atoms with Gasteiger partial charge < -0.3 is 14.2 Å². The van der Waals surface area contributed by atoms with Gasteiger partial charge in [-0.15, -0.1) is 0 Å². The number of hydrogen-bond donors (Lipinski definition) is 0. The number of unbranched alkanes of at least 4 members (excludes halogenated alkanes) is 3. The molecule has 1 atom stereocenters. The SMILES string of the molecule is CCCCOC(CC)C([O])(OCCCC)OCCCC. The molecule has 0 aromatic heterocycles. The van der Waals surface area contributed by atoms with Gasteiger partial charge in [0.2, 0.25) is 0 Å². The Morgan fingerprint density at radius 1 is 0.800 bits per heavy atom. The lowest BCUT2D eigenvalue weighted by molar-refractivity contribution is -0.425. The zero-order chi connectivity index (χ0) is 15.3. The summed E-state index contributed by atoms with van der Waals surface area (Å²) in [5, 5.41) is 12.8. The van der Waals surface area contributed by atoms with Gasteiger partial charge in [-0.1, -0.05) is 47.0 Å². The van der Waals surface area contributed by atoms with Crippen molar-refractivity contribution >= 4 is 0 Å². The monoisotopic (exact) mass is 289 g/mol. The fourth-order valence-electron chi connectivity index (χ4n) is 1.78. The van der Waals surface area contributed by atoms with Gasteiger partial charge in [0.25, 0.3) is 0 Å². The summed E-state index contributed by atoms with van der Waals surface area (Å²) in [4.78, 5) is 0. The van der Waals surface area contributed by atoms with Crippen LogP contribution in [0, 0.1) is 0 Å². The Balaban J connectivity index is 4.48. The van der Waals surface area contributed by atoms with Gasteiger partial charge in [0.1, 0.15) is 6.10 Å². The van der Waals surface area contributed by atoms with Crippen LogP contribution in [-0.4, -0.2) is 31.9 Å². The second kappa shape index (κ2) is 12.6. The van der Waals surface area contributed by atoms with Crippen molar-refractivity contribution in [3.63, 3.8) is 0 Å². The molecule has 0 saturated carbocycles. The van der Waals surface area contributed by atoms with E-state index in [0.717, 1.165) is 38.5 Å². The molecule has 0 rings (SSSR count). The molecule has 4 heteroatoms. The predicted octanol–water partition coefficient (Wildman–Crippen LogP) is 4.30. The van der Waals surface area contributed by atoms with E-state index in [0.29, 0.717) is 26.2 Å². The van der Waals surface area contributed by atoms with Crippen LogP contribution in [0.25, 0.3) is 0 Å². The van der Waals surface area contributed by atoms with Crippen LogP contribution in [0.1, 0.15) is 72.6 Å². The Kier molecular flexibility index (Phi) is 12.5. The summed E-state index contributed by atoms with van der Waals surface area (Å²) in [6, 6.07) is 0. The third-order valence-corrected chi connectivity index (χ3v) is 3.18. The molecule has 121 valence electrons. The molecule has 0 aliphatic heterocycles. The van der Waals surface area contributed by atoms with Crippen molar-refractivity contribution in [2.75, 3.05) is 19.8 Å². The maximum Gasteiger partial charge on any atom is 0.339 e. The summed E-state index contributed by atoms with van der Waals surface area (Å²) >= 11 is 0. The first-order valence-corrected chi connectivity index (χ1v) is 8.24. The molecule has 0 amide bonds. The summed E-state index contributed by atoms with van der Waals surface area (Å²) in [6.07, 6.45) is 5.80. The number of rotatable bonds is 14. The van der Waals surface area contributed by atoms with Gasteiger partial charge in [-0.2, -0.15) is 5.11 Å². The number of hydrogen-bond acceptors (Lipinski definition) is 3. The highest BCUT2D eigenvalue weighted by atomic mass is 16.8. The van der Waals surface area contributed by atoms with E-state index in [2.05, 4.69) is 20.8 Å². The first-order chi connectivity index (χ1) is 9.64. The topological polar surface area (TPSA) is 47.6 Å². The molecule has 4 nitrogen and oxygen atoms in total. The van der Waals surface area contributed by atoms with Gasteiger partial charge in [0, 0.05) is 6.61 Å². The molecule has 0 bridgehead atoms. The summed E-state index contributed by atoms with van der Waals surface area (Å²) in [7, 11) is 0. The van der Waals surface area contributed by atoms with Crippen molar-refractivity contribution < 1.29 is 19.3 Å². The van der Waals surface area contributed by atoms with Crippen LogP contribution in [0.2, 0.25) is 0 Å². The fourth-order valence-corrected chi connectivity index (χ4v) is 1.78. The lowest BCUT2D eigenvalue weighted by atomic mass is 10.2. The molecule has 1 unspecified atom stereocenters. The van der Waals surface area contributed by atoms with Gasteiger partial charge in [0.15, 0.2) is 0 Å². The molecule has 1 radical (unpaired) electrons. The van der Waals surface area contributed by atoms with Crippen molar-refractivity contribution in [3.05, 3.63) is 0 Å². The van der Waals surface area contributed by atoms with E-state index < -0.39 is 12.1 Å². The fraction of sp³-hybridized carbons (Fsp3) is 1.00. The van der Waals surface area contributed by atoms with Crippen LogP contribution < -0.4 is 0 Å². The third kappa shape index (κ3) is 8.20. The second-order valence-electron chi connectivity index (χ2n) is 5.13. The molecule has 0 saturated heterocycles. The molecule has 0 aromatic rings. The Morgan fingerprint density at radius 2 is 1.25 bits per heavy atom.